The molecule has 45 heavy (non-hydrogen) atoms. The highest BCUT2D eigenvalue weighted by Crippen LogP contribution is 2.61. The topological polar surface area (TPSA) is 38.8 Å². The van der Waals surface area contributed by atoms with Gasteiger partial charge < -0.3 is 4.52 Å². The Morgan fingerprint density at radius 1 is 0.800 bits per heavy atom. The normalized spacial score (nSPS) is 18.4. The molecule has 0 N–H and O–H groups in total. The summed E-state index contributed by atoms with van der Waals surface area (Å²) in [5.41, 5.74) is 2.78. The van der Waals surface area contributed by atoms with Crippen molar-refractivity contribution in [3.63, 3.8) is 0 Å². The van der Waals surface area contributed by atoms with Gasteiger partial charge in [0.2, 0.25) is 0 Å². The zero-order valence-electron chi connectivity index (χ0n) is 29.8. The third kappa shape index (κ3) is 7.14. The molecule has 1 heterocycles. The lowest BCUT2D eigenvalue weighted by Crippen LogP contribution is -2.50. The summed E-state index contributed by atoms with van der Waals surface area (Å²) >= 11 is 0. The molecule has 0 radical (unpaired) electrons. The Bertz CT molecular complexity index is 1460. The fourth-order valence-electron chi connectivity index (χ4n) is 6.95. The molecule has 0 fully saturated rings. The summed E-state index contributed by atoms with van der Waals surface area (Å²) < 4.78 is 22.3. The maximum absolute atomic E-state index is 15.6. The number of benzene rings is 3. The lowest BCUT2D eigenvalue weighted by molar-refractivity contribution is -0.259. The Kier molecular flexibility index (Phi) is 10.8. The number of rotatable bonds is 14. The first kappa shape index (κ1) is 35.5. The molecule has 5 heteroatoms. The molecule has 3 aromatic carbocycles. The van der Waals surface area contributed by atoms with E-state index in [2.05, 4.69) is 124 Å². The lowest BCUT2D eigenvalue weighted by Gasteiger charge is -2.50. The molecule has 1 aliphatic rings. The van der Waals surface area contributed by atoms with Gasteiger partial charge in [-0.1, -0.05) is 135 Å². The van der Waals surface area contributed by atoms with Crippen molar-refractivity contribution in [2.24, 2.45) is 22.7 Å². The number of unbranched alkanes of at least 4 members (excludes halogenated alkanes) is 1. The molecular weight excluding hydrogens is 573 g/mol. The van der Waals surface area contributed by atoms with Gasteiger partial charge in [-0.2, -0.15) is 5.06 Å². The Hall–Kier alpha value is -2.39. The molecule has 0 saturated heterocycles. The Balaban J connectivity index is 1.81. The van der Waals surface area contributed by atoms with Gasteiger partial charge in [-0.25, -0.2) is 0 Å². The van der Waals surface area contributed by atoms with Gasteiger partial charge >= 0.3 is 0 Å². The van der Waals surface area contributed by atoms with Crippen LogP contribution in [0, 0.1) is 22.7 Å². The van der Waals surface area contributed by atoms with E-state index in [4.69, 9.17) is 9.36 Å². The Morgan fingerprint density at radius 3 is 1.98 bits per heavy atom. The second-order valence-electron chi connectivity index (χ2n) is 15.5. The van der Waals surface area contributed by atoms with Crippen molar-refractivity contribution in [1.29, 1.82) is 0 Å². The minimum absolute atomic E-state index is 0.00768. The van der Waals surface area contributed by atoms with Gasteiger partial charge in [0.05, 0.1) is 10.9 Å². The largest absolute Gasteiger partial charge is 0.438 e. The average Bonchev–Trinajstić information content (AvgIpc) is 2.98. The molecule has 1 aliphatic heterocycles. The van der Waals surface area contributed by atoms with Crippen LogP contribution in [0.3, 0.4) is 0 Å². The van der Waals surface area contributed by atoms with Crippen molar-refractivity contribution in [1.82, 2.24) is 5.06 Å². The first-order chi connectivity index (χ1) is 21.1. The molecule has 4 nitrogen and oxygen atoms in total. The van der Waals surface area contributed by atoms with Crippen LogP contribution in [0.15, 0.2) is 78.9 Å². The highest BCUT2D eigenvalue weighted by atomic mass is 31.2. The summed E-state index contributed by atoms with van der Waals surface area (Å²) in [6.07, 6.45) is 2.89. The number of fused-ring (bicyclic) bond motifs is 3. The van der Waals surface area contributed by atoms with E-state index in [1.807, 2.05) is 36.4 Å². The molecule has 0 aliphatic carbocycles. The van der Waals surface area contributed by atoms with E-state index < -0.39 is 18.8 Å². The molecule has 0 amide bonds. The summed E-state index contributed by atoms with van der Waals surface area (Å²) in [6, 6.07) is 26.9. The van der Waals surface area contributed by atoms with Gasteiger partial charge in [0.15, 0.2) is 0 Å². The molecule has 3 aromatic rings. The second kappa shape index (κ2) is 13.8. The van der Waals surface area contributed by atoms with Gasteiger partial charge in [-0.05, 0) is 72.6 Å². The highest BCUT2D eigenvalue weighted by Gasteiger charge is 2.50. The summed E-state index contributed by atoms with van der Waals surface area (Å²) in [5, 5.41) is 2.85. The molecule has 0 bridgehead atoms. The van der Waals surface area contributed by atoms with Crippen LogP contribution in [0.25, 0.3) is 11.1 Å². The summed E-state index contributed by atoms with van der Waals surface area (Å²) in [5.74, 6) is 0.850. The van der Waals surface area contributed by atoms with E-state index >= 15 is 4.57 Å². The summed E-state index contributed by atoms with van der Waals surface area (Å²) in [4.78, 5) is 7.30. The van der Waals surface area contributed by atoms with Crippen LogP contribution in [0.1, 0.15) is 107 Å². The molecule has 0 aromatic heterocycles. The molecule has 0 saturated carbocycles. The van der Waals surface area contributed by atoms with E-state index in [0.717, 1.165) is 35.7 Å². The Morgan fingerprint density at radius 2 is 1.38 bits per heavy atom. The monoisotopic (exact) mass is 631 g/mol. The van der Waals surface area contributed by atoms with E-state index in [9.17, 15) is 0 Å². The number of para-hydroxylation sites is 1. The molecule has 4 rings (SSSR count). The van der Waals surface area contributed by atoms with E-state index in [-0.39, 0.29) is 22.7 Å². The quantitative estimate of drug-likeness (QED) is 0.131. The first-order valence-corrected chi connectivity index (χ1v) is 18.7. The van der Waals surface area contributed by atoms with Gasteiger partial charge in [-0.15, -0.1) is 0 Å². The number of hydroxylamine groups is 2. The first-order valence-electron chi connectivity index (χ1n) is 17.1. The van der Waals surface area contributed by atoms with Crippen LogP contribution in [0.5, 0.6) is 5.75 Å². The van der Waals surface area contributed by atoms with Crippen LogP contribution in [-0.2, 0) is 9.40 Å². The van der Waals surface area contributed by atoms with Crippen molar-refractivity contribution in [2.75, 3.05) is 6.54 Å². The van der Waals surface area contributed by atoms with Gasteiger partial charge in [-0.3, -0.25) is 9.40 Å². The van der Waals surface area contributed by atoms with Gasteiger partial charge in [0.25, 0.3) is 7.37 Å². The van der Waals surface area contributed by atoms with Crippen LogP contribution < -0.4 is 9.83 Å². The van der Waals surface area contributed by atoms with Crippen LogP contribution >= 0.6 is 7.37 Å². The lowest BCUT2D eigenvalue weighted by atomic mass is 9.57. The standard InChI is InChI=1S/C40H58NO3P/c1-12-13-27-41(37(29(2)3)45(42)36-26-20-18-24-33(36)32-23-17-19-25-35(32)43-45)44-40(10,11)34(31-21-15-14-16-22-31)28-38(6,7)39(8,9)30(4)5/h14-26,29-30,34,37H,12-13,27-28H2,1-11H3. The predicted molar refractivity (Wildman–Crippen MR) is 191 cm³/mol. The molecule has 246 valence electrons. The average molecular weight is 632 g/mol. The van der Waals surface area contributed by atoms with Crippen LogP contribution in [-0.4, -0.2) is 23.0 Å². The van der Waals surface area contributed by atoms with Gasteiger partial charge in [0, 0.05) is 18.0 Å². The Labute approximate surface area is 274 Å². The maximum Gasteiger partial charge on any atom is 0.297 e. The zero-order valence-corrected chi connectivity index (χ0v) is 30.7. The third-order valence-corrected chi connectivity index (χ3v) is 14.0. The van der Waals surface area contributed by atoms with E-state index in [1.165, 1.54) is 5.56 Å². The molecule has 3 atom stereocenters. The van der Waals surface area contributed by atoms with Crippen LogP contribution in [0.4, 0.5) is 0 Å². The van der Waals surface area contributed by atoms with Crippen molar-refractivity contribution in [3.8, 4) is 16.9 Å². The fourth-order valence-corrected chi connectivity index (χ4v) is 10.00. The van der Waals surface area contributed by atoms with Crippen molar-refractivity contribution in [3.05, 3.63) is 84.4 Å². The summed E-state index contributed by atoms with van der Waals surface area (Å²) in [7, 11) is -3.47. The number of hydrogen-bond acceptors (Lipinski definition) is 4. The zero-order chi connectivity index (χ0) is 33.2. The maximum atomic E-state index is 15.6. The predicted octanol–water partition coefficient (Wildman–Crippen LogP) is 11.3. The van der Waals surface area contributed by atoms with Crippen molar-refractivity contribution >= 4 is 12.7 Å². The number of hydrogen-bond donors (Lipinski definition) is 0. The van der Waals surface area contributed by atoms with Crippen LogP contribution in [0.2, 0.25) is 0 Å². The SMILES string of the molecule is CCCCN(OC(C)(C)C(CC(C)(C)C(C)(C)C(C)C)c1ccccc1)C(C(C)C)P1(=O)Oc2ccccc2-c2ccccc21. The fraction of sp³-hybridized carbons (Fsp3) is 0.550. The highest BCUT2D eigenvalue weighted by molar-refractivity contribution is 7.68. The van der Waals surface area contributed by atoms with Crippen molar-refractivity contribution < 1.29 is 13.9 Å². The molecule has 0 spiro atoms. The second-order valence-corrected chi connectivity index (χ2v) is 17.9. The smallest absolute Gasteiger partial charge is 0.297 e. The third-order valence-electron chi connectivity index (χ3n) is 10.9. The van der Waals surface area contributed by atoms with E-state index in [0.29, 0.717) is 18.2 Å². The van der Waals surface area contributed by atoms with Crippen molar-refractivity contribution in [2.45, 2.75) is 113 Å². The molecule has 3 unspecified atom stereocenters. The van der Waals surface area contributed by atoms with E-state index in [1.54, 1.807) is 0 Å². The molecular formula is C40H58NO3P. The number of nitrogens with zero attached hydrogens (tertiary/aromatic N) is 1. The summed E-state index contributed by atoms with van der Waals surface area (Å²) in [6.45, 7) is 25.9. The minimum Gasteiger partial charge on any atom is -0.438 e. The minimum atomic E-state index is -3.47. The van der Waals surface area contributed by atoms with Gasteiger partial charge in [0.1, 0.15) is 11.5 Å².